The van der Waals surface area contributed by atoms with E-state index >= 15 is 0 Å². The molecule has 0 spiro atoms. The lowest BCUT2D eigenvalue weighted by Crippen LogP contribution is -2.47. The molecule has 1 aliphatic carbocycles. The van der Waals surface area contributed by atoms with Gasteiger partial charge in [0.15, 0.2) is 0 Å². The van der Waals surface area contributed by atoms with Crippen LogP contribution in [0, 0.1) is 5.92 Å². The Morgan fingerprint density at radius 1 is 1.26 bits per heavy atom. The average Bonchev–Trinajstić information content (AvgIpc) is 3.21. The molecule has 0 aromatic rings. The van der Waals surface area contributed by atoms with Gasteiger partial charge in [-0.2, -0.15) is 0 Å². The van der Waals surface area contributed by atoms with Crippen LogP contribution in [0.4, 0.5) is 4.79 Å². The standard InChI is InChI=1S/C13H22N2O4/c16-12(17)11(9-4-5-9)15-13(18)14-7-6-10-3-1-2-8-19-10/h9-11H,1-8H2,(H,16,17)(H2,14,15,18). The van der Waals surface area contributed by atoms with Crippen LogP contribution in [-0.2, 0) is 9.53 Å². The molecule has 0 aromatic carbocycles. The van der Waals surface area contributed by atoms with E-state index in [9.17, 15) is 9.59 Å². The van der Waals surface area contributed by atoms with Gasteiger partial charge in [0, 0.05) is 13.2 Å². The van der Waals surface area contributed by atoms with Crippen molar-refractivity contribution < 1.29 is 19.4 Å². The van der Waals surface area contributed by atoms with Crippen molar-refractivity contribution in [1.82, 2.24) is 10.6 Å². The van der Waals surface area contributed by atoms with Crippen LogP contribution < -0.4 is 10.6 Å². The van der Waals surface area contributed by atoms with E-state index in [0.717, 1.165) is 38.7 Å². The summed E-state index contributed by atoms with van der Waals surface area (Å²) in [6, 6.07) is -1.14. The fourth-order valence-electron chi connectivity index (χ4n) is 2.38. The first-order valence-corrected chi connectivity index (χ1v) is 7.05. The summed E-state index contributed by atoms with van der Waals surface area (Å²) in [5, 5.41) is 14.2. The number of hydrogen-bond donors (Lipinski definition) is 3. The van der Waals surface area contributed by atoms with E-state index in [1.54, 1.807) is 0 Å². The molecule has 0 aromatic heterocycles. The first-order chi connectivity index (χ1) is 9.16. The Hall–Kier alpha value is -1.30. The Labute approximate surface area is 112 Å². The molecule has 2 atom stereocenters. The number of nitrogens with one attached hydrogen (secondary N) is 2. The predicted molar refractivity (Wildman–Crippen MR) is 68.9 cm³/mol. The first-order valence-electron chi connectivity index (χ1n) is 7.05. The number of amides is 2. The topological polar surface area (TPSA) is 87.7 Å². The van der Waals surface area contributed by atoms with Gasteiger partial charge < -0.3 is 20.5 Å². The normalized spacial score (nSPS) is 24.5. The van der Waals surface area contributed by atoms with Crippen molar-refractivity contribution in [3.63, 3.8) is 0 Å². The van der Waals surface area contributed by atoms with Crippen molar-refractivity contribution in [3.8, 4) is 0 Å². The molecule has 6 nitrogen and oxygen atoms in total. The molecule has 1 saturated heterocycles. The fourth-order valence-corrected chi connectivity index (χ4v) is 2.38. The SMILES string of the molecule is O=C(NCCC1CCCCO1)NC(C(=O)O)C1CC1. The maximum Gasteiger partial charge on any atom is 0.326 e. The monoisotopic (exact) mass is 270 g/mol. The minimum atomic E-state index is -0.951. The largest absolute Gasteiger partial charge is 0.480 e. The third-order valence-corrected chi connectivity index (χ3v) is 3.67. The van der Waals surface area contributed by atoms with Gasteiger partial charge in [-0.05, 0) is 44.4 Å². The van der Waals surface area contributed by atoms with Crippen LogP contribution in [-0.4, -0.2) is 42.4 Å². The van der Waals surface area contributed by atoms with E-state index in [4.69, 9.17) is 9.84 Å². The number of hydrogen-bond acceptors (Lipinski definition) is 3. The van der Waals surface area contributed by atoms with Gasteiger partial charge in [-0.15, -0.1) is 0 Å². The number of urea groups is 1. The second kappa shape index (κ2) is 6.75. The van der Waals surface area contributed by atoms with Crippen molar-refractivity contribution in [2.75, 3.05) is 13.2 Å². The molecule has 1 aliphatic heterocycles. The molecule has 0 radical (unpaired) electrons. The van der Waals surface area contributed by atoms with Crippen LogP contribution in [0.1, 0.15) is 38.5 Å². The van der Waals surface area contributed by atoms with Crippen LogP contribution in [0.3, 0.4) is 0 Å². The van der Waals surface area contributed by atoms with Crippen molar-refractivity contribution in [1.29, 1.82) is 0 Å². The molecule has 19 heavy (non-hydrogen) atoms. The van der Waals surface area contributed by atoms with Gasteiger partial charge in [0.2, 0.25) is 0 Å². The molecule has 108 valence electrons. The van der Waals surface area contributed by atoms with E-state index in [-0.39, 0.29) is 12.0 Å². The summed E-state index contributed by atoms with van der Waals surface area (Å²) in [6.07, 6.45) is 6.12. The molecule has 3 N–H and O–H groups in total. The number of ether oxygens (including phenoxy) is 1. The van der Waals surface area contributed by atoms with Gasteiger partial charge in [0.25, 0.3) is 0 Å². The molecule has 2 rings (SSSR count). The molecular weight excluding hydrogens is 248 g/mol. The lowest BCUT2D eigenvalue weighted by atomic mass is 10.1. The molecule has 2 amide bonds. The van der Waals surface area contributed by atoms with E-state index in [1.807, 2.05) is 0 Å². The van der Waals surface area contributed by atoms with E-state index in [2.05, 4.69) is 10.6 Å². The second-order valence-corrected chi connectivity index (χ2v) is 5.33. The molecule has 1 saturated carbocycles. The smallest absolute Gasteiger partial charge is 0.326 e. The van der Waals surface area contributed by atoms with Gasteiger partial charge in [0.05, 0.1) is 6.10 Å². The molecule has 0 bridgehead atoms. The number of aliphatic carboxylic acids is 1. The lowest BCUT2D eigenvalue weighted by Gasteiger charge is -2.22. The number of rotatable bonds is 6. The summed E-state index contributed by atoms with van der Waals surface area (Å²) in [4.78, 5) is 22.6. The fraction of sp³-hybridized carbons (Fsp3) is 0.846. The Bertz CT molecular complexity index is 325. The molecule has 2 unspecified atom stereocenters. The van der Waals surface area contributed by atoms with Crippen LogP contribution in [0.5, 0.6) is 0 Å². The summed E-state index contributed by atoms with van der Waals surface area (Å²) in [5.41, 5.74) is 0. The van der Waals surface area contributed by atoms with Crippen LogP contribution in [0.15, 0.2) is 0 Å². The highest BCUT2D eigenvalue weighted by Gasteiger charge is 2.37. The molecule has 1 heterocycles. The van der Waals surface area contributed by atoms with Crippen molar-refractivity contribution in [2.45, 2.75) is 50.7 Å². The minimum Gasteiger partial charge on any atom is -0.480 e. The summed E-state index contributed by atoms with van der Waals surface area (Å²) in [6.45, 7) is 1.33. The Kier molecular flexibility index (Phi) is 5.01. The predicted octanol–water partition coefficient (Wildman–Crippen LogP) is 1.11. The van der Waals surface area contributed by atoms with Crippen molar-refractivity contribution >= 4 is 12.0 Å². The van der Waals surface area contributed by atoms with E-state index in [0.29, 0.717) is 6.54 Å². The number of carbonyl (C=O) groups excluding carboxylic acids is 1. The summed E-state index contributed by atoms with van der Waals surface area (Å²) in [5.74, 6) is -0.849. The van der Waals surface area contributed by atoms with Gasteiger partial charge in [-0.25, -0.2) is 9.59 Å². The summed E-state index contributed by atoms with van der Waals surface area (Å²) >= 11 is 0. The van der Waals surface area contributed by atoms with Gasteiger partial charge in [-0.3, -0.25) is 0 Å². The molecule has 2 aliphatic rings. The maximum atomic E-state index is 11.6. The number of carboxylic acid groups (broad SMARTS) is 1. The lowest BCUT2D eigenvalue weighted by molar-refractivity contribution is -0.139. The van der Waals surface area contributed by atoms with E-state index < -0.39 is 18.0 Å². The van der Waals surface area contributed by atoms with Crippen molar-refractivity contribution in [3.05, 3.63) is 0 Å². The first kappa shape index (κ1) is 14.1. The zero-order valence-electron chi connectivity index (χ0n) is 11.1. The minimum absolute atomic E-state index is 0.102. The number of carbonyl (C=O) groups is 2. The Morgan fingerprint density at radius 2 is 2.05 bits per heavy atom. The third-order valence-electron chi connectivity index (χ3n) is 3.67. The molecule has 2 fully saturated rings. The average molecular weight is 270 g/mol. The second-order valence-electron chi connectivity index (χ2n) is 5.33. The molecule has 6 heteroatoms. The zero-order valence-corrected chi connectivity index (χ0v) is 11.1. The van der Waals surface area contributed by atoms with E-state index in [1.165, 1.54) is 6.42 Å². The van der Waals surface area contributed by atoms with Crippen molar-refractivity contribution in [2.24, 2.45) is 5.92 Å². The maximum absolute atomic E-state index is 11.6. The van der Waals surface area contributed by atoms with Gasteiger partial charge >= 0.3 is 12.0 Å². The highest BCUT2D eigenvalue weighted by atomic mass is 16.5. The highest BCUT2D eigenvalue weighted by Crippen LogP contribution is 2.32. The summed E-state index contributed by atoms with van der Waals surface area (Å²) < 4.78 is 5.56. The quantitative estimate of drug-likeness (QED) is 0.674. The zero-order chi connectivity index (χ0) is 13.7. The Balaban J connectivity index is 1.62. The summed E-state index contributed by atoms with van der Waals surface area (Å²) in [7, 11) is 0. The molecular formula is C13H22N2O4. The number of carboxylic acids is 1. The third kappa shape index (κ3) is 4.70. The van der Waals surface area contributed by atoms with Crippen LogP contribution in [0.25, 0.3) is 0 Å². The Morgan fingerprint density at radius 3 is 2.63 bits per heavy atom. The van der Waals surface area contributed by atoms with Crippen LogP contribution in [0.2, 0.25) is 0 Å². The highest BCUT2D eigenvalue weighted by molar-refractivity contribution is 5.83. The van der Waals surface area contributed by atoms with Gasteiger partial charge in [0.1, 0.15) is 6.04 Å². The van der Waals surface area contributed by atoms with Crippen LogP contribution >= 0.6 is 0 Å². The van der Waals surface area contributed by atoms with Gasteiger partial charge in [-0.1, -0.05) is 0 Å².